The molecule has 5 nitrogen and oxygen atoms in total. The number of hydrogen-bond donors (Lipinski definition) is 1. The molecular formula is C18H22FN3O2. The van der Waals surface area contributed by atoms with Gasteiger partial charge in [0.1, 0.15) is 5.82 Å². The van der Waals surface area contributed by atoms with E-state index in [2.05, 4.69) is 22.2 Å². The van der Waals surface area contributed by atoms with Crippen molar-refractivity contribution in [2.75, 3.05) is 13.2 Å². The topological polar surface area (TPSA) is 64.1 Å². The summed E-state index contributed by atoms with van der Waals surface area (Å²) in [7, 11) is 0. The molecule has 0 atom stereocenters. The highest BCUT2D eigenvalue weighted by Crippen LogP contribution is 2.20. The number of carbonyl (C=O) groups is 1. The van der Waals surface area contributed by atoms with Crippen molar-refractivity contribution in [1.82, 2.24) is 15.3 Å². The summed E-state index contributed by atoms with van der Waals surface area (Å²) in [6.45, 7) is 4.55. The molecule has 0 bridgehead atoms. The highest BCUT2D eigenvalue weighted by molar-refractivity contribution is 5.77. The van der Waals surface area contributed by atoms with Crippen molar-refractivity contribution in [3.05, 3.63) is 41.8 Å². The van der Waals surface area contributed by atoms with Gasteiger partial charge in [0, 0.05) is 23.9 Å². The molecule has 0 unspecified atom stereocenters. The van der Waals surface area contributed by atoms with E-state index in [4.69, 9.17) is 4.74 Å². The van der Waals surface area contributed by atoms with Crippen LogP contribution in [0.4, 0.5) is 4.39 Å². The van der Waals surface area contributed by atoms with E-state index in [0.29, 0.717) is 30.2 Å². The standard InChI is InChI=1S/C18H22FN3O2/c1-3-5-9-20-16(23)12-24-17-11-15(4-2)21-18(22-17)13-7-6-8-14(19)10-13/h6-8,10-11H,3-5,9,12H2,1-2H3,(H,20,23). The Morgan fingerprint density at radius 3 is 2.79 bits per heavy atom. The van der Waals surface area contributed by atoms with E-state index in [0.717, 1.165) is 18.5 Å². The van der Waals surface area contributed by atoms with Crippen molar-refractivity contribution in [1.29, 1.82) is 0 Å². The van der Waals surface area contributed by atoms with Crippen LogP contribution in [0.15, 0.2) is 30.3 Å². The number of unbranched alkanes of at least 4 members (excludes halogenated alkanes) is 1. The van der Waals surface area contributed by atoms with Gasteiger partial charge in [-0.15, -0.1) is 0 Å². The molecule has 0 aliphatic carbocycles. The largest absolute Gasteiger partial charge is 0.467 e. The minimum atomic E-state index is -0.351. The predicted molar refractivity (Wildman–Crippen MR) is 90.2 cm³/mol. The molecule has 0 radical (unpaired) electrons. The zero-order valence-corrected chi connectivity index (χ0v) is 14.0. The smallest absolute Gasteiger partial charge is 0.258 e. The highest BCUT2D eigenvalue weighted by Gasteiger charge is 2.09. The van der Waals surface area contributed by atoms with Gasteiger partial charge in [0.05, 0.1) is 0 Å². The lowest BCUT2D eigenvalue weighted by atomic mass is 10.2. The van der Waals surface area contributed by atoms with Crippen molar-refractivity contribution in [3.63, 3.8) is 0 Å². The van der Waals surface area contributed by atoms with Gasteiger partial charge >= 0.3 is 0 Å². The van der Waals surface area contributed by atoms with Crippen molar-refractivity contribution in [2.24, 2.45) is 0 Å². The first-order valence-corrected chi connectivity index (χ1v) is 8.15. The van der Waals surface area contributed by atoms with Crippen molar-refractivity contribution in [3.8, 4) is 17.3 Å². The second-order valence-electron chi connectivity index (χ2n) is 5.38. The van der Waals surface area contributed by atoms with Crippen LogP contribution >= 0.6 is 0 Å². The number of halogens is 1. The van der Waals surface area contributed by atoms with E-state index in [1.807, 2.05) is 6.92 Å². The van der Waals surface area contributed by atoms with E-state index >= 15 is 0 Å². The average molecular weight is 331 g/mol. The van der Waals surface area contributed by atoms with Crippen LogP contribution in [0.1, 0.15) is 32.4 Å². The second-order valence-corrected chi connectivity index (χ2v) is 5.38. The molecule has 0 saturated carbocycles. The zero-order valence-electron chi connectivity index (χ0n) is 14.0. The van der Waals surface area contributed by atoms with E-state index in [1.54, 1.807) is 18.2 Å². The van der Waals surface area contributed by atoms with E-state index in [-0.39, 0.29) is 18.3 Å². The average Bonchev–Trinajstić information content (AvgIpc) is 2.60. The molecule has 128 valence electrons. The van der Waals surface area contributed by atoms with Crippen LogP contribution in [0.25, 0.3) is 11.4 Å². The lowest BCUT2D eigenvalue weighted by molar-refractivity contribution is -0.123. The summed E-state index contributed by atoms with van der Waals surface area (Å²) in [6, 6.07) is 7.77. The number of hydrogen-bond acceptors (Lipinski definition) is 4. The van der Waals surface area contributed by atoms with Crippen LogP contribution in [-0.4, -0.2) is 29.0 Å². The molecule has 1 aromatic heterocycles. The first kappa shape index (κ1) is 17.8. The minimum absolute atomic E-state index is 0.105. The third-order valence-corrected chi connectivity index (χ3v) is 3.40. The maximum atomic E-state index is 13.4. The third-order valence-electron chi connectivity index (χ3n) is 3.40. The van der Waals surface area contributed by atoms with Gasteiger partial charge in [0.2, 0.25) is 5.88 Å². The Bertz CT molecular complexity index is 692. The fraction of sp³-hybridized carbons (Fsp3) is 0.389. The molecule has 24 heavy (non-hydrogen) atoms. The number of aromatic nitrogens is 2. The number of ether oxygens (including phenoxy) is 1. The molecule has 1 aromatic carbocycles. The van der Waals surface area contributed by atoms with Gasteiger partial charge in [0.25, 0.3) is 5.91 Å². The maximum absolute atomic E-state index is 13.4. The Morgan fingerprint density at radius 1 is 1.25 bits per heavy atom. The summed E-state index contributed by atoms with van der Waals surface area (Å²) in [5.41, 5.74) is 1.34. The number of benzene rings is 1. The first-order valence-electron chi connectivity index (χ1n) is 8.15. The van der Waals surface area contributed by atoms with Gasteiger partial charge in [-0.05, 0) is 25.0 Å². The lowest BCUT2D eigenvalue weighted by Crippen LogP contribution is -2.29. The van der Waals surface area contributed by atoms with Crippen LogP contribution in [0.3, 0.4) is 0 Å². The lowest BCUT2D eigenvalue weighted by Gasteiger charge is -2.09. The Kier molecular flexibility index (Phi) is 6.66. The fourth-order valence-electron chi connectivity index (χ4n) is 2.08. The third kappa shape index (κ3) is 5.30. The molecule has 0 aliphatic heterocycles. The molecule has 6 heteroatoms. The molecule has 0 spiro atoms. The molecule has 0 aliphatic rings. The summed E-state index contributed by atoms with van der Waals surface area (Å²) < 4.78 is 18.9. The number of rotatable bonds is 8. The Morgan fingerprint density at radius 2 is 2.08 bits per heavy atom. The Labute approximate surface area is 141 Å². The normalized spacial score (nSPS) is 10.5. The number of amides is 1. The summed E-state index contributed by atoms with van der Waals surface area (Å²) in [4.78, 5) is 20.4. The van der Waals surface area contributed by atoms with Crippen molar-refractivity contribution in [2.45, 2.75) is 33.1 Å². The maximum Gasteiger partial charge on any atom is 0.258 e. The molecule has 2 aromatic rings. The van der Waals surface area contributed by atoms with Crippen LogP contribution < -0.4 is 10.1 Å². The van der Waals surface area contributed by atoms with Gasteiger partial charge in [0.15, 0.2) is 12.4 Å². The van der Waals surface area contributed by atoms with Crippen LogP contribution in [0.5, 0.6) is 5.88 Å². The van der Waals surface area contributed by atoms with Crippen LogP contribution in [-0.2, 0) is 11.2 Å². The SMILES string of the molecule is CCCCNC(=O)COc1cc(CC)nc(-c2cccc(F)c2)n1. The van der Waals surface area contributed by atoms with E-state index in [1.165, 1.54) is 12.1 Å². The zero-order chi connectivity index (χ0) is 17.4. The van der Waals surface area contributed by atoms with E-state index < -0.39 is 0 Å². The van der Waals surface area contributed by atoms with Gasteiger partial charge in [-0.1, -0.05) is 32.4 Å². The second kappa shape index (κ2) is 8.96. The van der Waals surface area contributed by atoms with Crippen molar-refractivity contribution >= 4 is 5.91 Å². The molecule has 0 fully saturated rings. The molecule has 1 heterocycles. The Balaban J connectivity index is 2.10. The molecule has 2 rings (SSSR count). The van der Waals surface area contributed by atoms with Gasteiger partial charge in [-0.3, -0.25) is 4.79 Å². The van der Waals surface area contributed by atoms with Gasteiger partial charge in [-0.25, -0.2) is 9.37 Å². The fourth-order valence-corrected chi connectivity index (χ4v) is 2.08. The van der Waals surface area contributed by atoms with Gasteiger partial charge < -0.3 is 10.1 Å². The monoisotopic (exact) mass is 331 g/mol. The molecule has 1 amide bonds. The number of carbonyl (C=O) groups excluding carboxylic acids is 1. The summed E-state index contributed by atoms with van der Waals surface area (Å²) in [5, 5.41) is 2.78. The van der Waals surface area contributed by atoms with Crippen LogP contribution in [0.2, 0.25) is 0 Å². The highest BCUT2D eigenvalue weighted by atomic mass is 19.1. The number of nitrogens with zero attached hydrogens (tertiary/aromatic N) is 2. The quantitative estimate of drug-likeness (QED) is 0.755. The molecule has 1 N–H and O–H groups in total. The minimum Gasteiger partial charge on any atom is -0.467 e. The van der Waals surface area contributed by atoms with Gasteiger partial charge in [-0.2, -0.15) is 4.98 Å². The summed E-state index contributed by atoms with van der Waals surface area (Å²) in [6.07, 6.45) is 2.64. The first-order chi connectivity index (χ1) is 11.6. The summed E-state index contributed by atoms with van der Waals surface area (Å²) in [5.74, 6) is 0.158. The molecular weight excluding hydrogens is 309 g/mol. The number of nitrogens with one attached hydrogen (secondary N) is 1. The predicted octanol–water partition coefficient (Wildman–Crippen LogP) is 3.14. The number of aryl methyl sites for hydroxylation is 1. The van der Waals surface area contributed by atoms with E-state index in [9.17, 15) is 9.18 Å². The Hall–Kier alpha value is -2.50. The molecule has 0 saturated heterocycles. The summed E-state index contributed by atoms with van der Waals surface area (Å²) >= 11 is 0. The van der Waals surface area contributed by atoms with Crippen molar-refractivity contribution < 1.29 is 13.9 Å². The van der Waals surface area contributed by atoms with Crippen LogP contribution in [0, 0.1) is 5.82 Å².